The van der Waals surface area contributed by atoms with Gasteiger partial charge in [0.2, 0.25) is 15.9 Å². The molecular formula is C19H23FN2O3S. The minimum absolute atomic E-state index is 0.129. The summed E-state index contributed by atoms with van der Waals surface area (Å²) in [5.41, 5.74) is 2.79. The summed E-state index contributed by atoms with van der Waals surface area (Å²) in [5.74, 6) is -2.10. The van der Waals surface area contributed by atoms with Gasteiger partial charge in [0.1, 0.15) is 5.82 Å². The van der Waals surface area contributed by atoms with E-state index in [0.29, 0.717) is 5.69 Å². The van der Waals surface area contributed by atoms with Crippen LogP contribution in [0.25, 0.3) is 0 Å². The van der Waals surface area contributed by atoms with Crippen molar-refractivity contribution in [3.63, 3.8) is 0 Å². The number of hydrogen-bond acceptors (Lipinski definition) is 3. The number of halogens is 1. The summed E-state index contributed by atoms with van der Waals surface area (Å²) < 4.78 is 39.9. The van der Waals surface area contributed by atoms with E-state index in [0.717, 1.165) is 23.6 Å². The highest BCUT2D eigenvalue weighted by atomic mass is 32.2. The molecule has 7 heteroatoms. The number of hydrogen-bond donors (Lipinski definition) is 2. The summed E-state index contributed by atoms with van der Waals surface area (Å²) >= 11 is 0. The van der Waals surface area contributed by atoms with Crippen LogP contribution in [0.2, 0.25) is 0 Å². The molecule has 0 aromatic heterocycles. The normalized spacial score (nSPS) is 12.5. The van der Waals surface area contributed by atoms with E-state index >= 15 is 0 Å². The number of rotatable bonds is 7. The van der Waals surface area contributed by atoms with E-state index in [9.17, 15) is 17.6 Å². The molecule has 1 unspecified atom stereocenters. The molecule has 1 atom stereocenters. The molecule has 2 rings (SSSR count). The first-order valence-corrected chi connectivity index (χ1v) is 10.0. The van der Waals surface area contributed by atoms with Crippen LogP contribution >= 0.6 is 0 Å². The van der Waals surface area contributed by atoms with Gasteiger partial charge in [-0.3, -0.25) is 9.52 Å². The SMILES string of the molecule is CCc1ccc(C)c(NC(=O)C(C)CS(=O)(=O)Nc2cccc(F)c2)c1. The smallest absolute Gasteiger partial charge is 0.233 e. The van der Waals surface area contributed by atoms with Crippen molar-refractivity contribution in [3.05, 3.63) is 59.4 Å². The molecule has 2 aromatic rings. The number of aryl methyl sites for hydroxylation is 2. The predicted molar refractivity (Wildman–Crippen MR) is 102 cm³/mol. The van der Waals surface area contributed by atoms with Crippen LogP contribution in [0.4, 0.5) is 15.8 Å². The molecule has 0 fully saturated rings. The van der Waals surface area contributed by atoms with Gasteiger partial charge in [-0.05, 0) is 48.7 Å². The van der Waals surface area contributed by atoms with Gasteiger partial charge in [-0.25, -0.2) is 12.8 Å². The second-order valence-electron chi connectivity index (χ2n) is 6.29. The maximum Gasteiger partial charge on any atom is 0.233 e. The molecule has 0 heterocycles. The number of benzene rings is 2. The van der Waals surface area contributed by atoms with Gasteiger partial charge in [0.15, 0.2) is 0 Å². The minimum Gasteiger partial charge on any atom is -0.326 e. The maximum absolute atomic E-state index is 13.2. The standard InChI is InChI=1S/C19H23FN2O3S/c1-4-15-9-8-13(2)18(10-15)21-19(23)14(3)12-26(24,25)22-17-7-5-6-16(20)11-17/h5-11,14,22H,4,12H2,1-3H3,(H,21,23). The summed E-state index contributed by atoms with van der Waals surface area (Å²) in [6.45, 7) is 5.44. The Morgan fingerprint density at radius 2 is 1.92 bits per heavy atom. The predicted octanol–water partition coefficient (Wildman–Crippen LogP) is 3.71. The summed E-state index contributed by atoms with van der Waals surface area (Å²) in [7, 11) is -3.79. The molecule has 0 bridgehead atoms. The van der Waals surface area contributed by atoms with Gasteiger partial charge in [-0.2, -0.15) is 0 Å². The third kappa shape index (κ3) is 5.56. The molecule has 0 spiro atoms. The highest BCUT2D eigenvalue weighted by molar-refractivity contribution is 7.92. The van der Waals surface area contributed by atoms with Crippen molar-refractivity contribution in [3.8, 4) is 0 Å². The van der Waals surface area contributed by atoms with Crippen LogP contribution < -0.4 is 10.0 Å². The molecule has 0 saturated carbocycles. The van der Waals surface area contributed by atoms with Gasteiger partial charge in [0.05, 0.1) is 17.4 Å². The van der Waals surface area contributed by atoms with Crippen molar-refractivity contribution in [1.82, 2.24) is 0 Å². The Morgan fingerprint density at radius 3 is 2.58 bits per heavy atom. The first-order valence-electron chi connectivity index (χ1n) is 8.36. The van der Waals surface area contributed by atoms with E-state index in [2.05, 4.69) is 10.0 Å². The number of carbonyl (C=O) groups excluding carboxylic acids is 1. The van der Waals surface area contributed by atoms with E-state index in [1.807, 2.05) is 32.0 Å². The van der Waals surface area contributed by atoms with Gasteiger partial charge >= 0.3 is 0 Å². The van der Waals surface area contributed by atoms with E-state index in [4.69, 9.17) is 0 Å². The van der Waals surface area contributed by atoms with Crippen LogP contribution in [0.1, 0.15) is 25.0 Å². The van der Waals surface area contributed by atoms with Crippen LogP contribution in [0.5, 0.6) is 0 Å². The molecule has 0 aliphatic rings. The van der Waals surface area contributed by atoms with E-state index in [1.165, 1.54) is 18.2 Å². The third-order valence-electron chi connectivity index (χ3n) is 3.98. The number of anilines is 2. The zero-order chi connectivity index (χ0) is 19.3. The lowest BCUT2D eigenvalue weighted by Gasteiger charge is -2.15. The van der Waals surface area contributed by atoms with Crippen molar-refractivity contribution in [1.29, 1.82) is 0 Å². The average Bonchev–Trinajstić information content (AvgIpc) is 2.55. The highest BCUT2D eigenvalue weighted by Gasteiger charge is 2.22. The quantitative estimate of drug-likeness (QED) is 0.771. The van der Waals surface area contributed by atoms with Gasteiger partial charge < -0.3 is 5.32 Å². The van der Waals surface area contributed by atoms with E-state index in [1.54, 1.807) is 6.92 Å². The maximum atomic E-state index is 13.2. The van der Waals surface area contributed by atoms with Crippen LogP contribution in [0, 0.1) is 18.7 Å². The Bertz CT molecular complexity index is 897. The summed E-state index contributed by atoms with van der Waals surface area (Å²) in [6.07, 6.45) is 0.838. The fourth-order valence-corrected chi connectivity index (χ4v) is 3.84. The fourth-order valence-electron chi connectivity index (χ4n) is 2.46. The lowest BCUT2D eigenvalue weighted by Crippen LogP contribution is -2.30. The van der Waals surface area contributed by atoms with Gasteiger partial charge in [-0.15, -0.1) is 0 Å². The number of nitrogens with one attached hydrogen (secondary N) is 2. The Labute approximate surface area is 153 Å². The van der Waals surface area contributed by atoms with Gasteiger partial charge in [-0.1, -0.05) is 32.0 Å². The Hall–Kier alpha value is -2.41. The van der Waals surface area contributed by atoms with Crippen LogP contribution in [0.15, 0.2) is 42.5 Å². The van der Waals surface area contributed by atoms with Crippen molar-refractivity contribution in [2.24, 2.45) is 5.92 Å². The lowest BCUT2D eigenvalue weighted by molar-refractivity contribution is -0.118. The Kier molecular flexibility index (Phi) is 6.37. The largest absolute Gasteiger partial charge is 0.326 e. The molecule has 26 heavy (non-hydrogen) atoms. The van der Waals surface area contributed by atoms with Crippen LogP contribution in [-0.2, 0) is 21.2 Å². The summed E-state index contributed by atoms with van der Waals surface area (Å²) in [5, 5.41) is 2.79. The molecule has 2 N–H and O–H groups in total. The van der Waals surface area contributed by atoms with Gasteiger partial charge in [0.25, 0.3) is 0 Å². The molecule has 0 saturated heterocycles. The topological polar surface area (TPSA) is 75.3 Å². The monoisotopic (exact) mass is 378 g/mol. The van der Waals surface area contributed by atoms with Crippen molar-refractivity contribution >= 4 is 27.3 Å². The first kappa shape index (κ1) is 19.9. The zero-order valence-corrected chi connectivity index (χ0v) is 15.9. The number of sulfonamides is 1. The van der Waals surface area contributed by atoms with Gasteiger partial charge in [0, 0.05) is 5.69 Å². The average molecular weight is 378 g/mol. The molecule has 5 nitrogen and oxygen atoms in total. The summed E-state index contributed by atoms with van der Waals surface area (Å²) in [4.78, 5) is 12.4. The van der Waals surface area contributed by atoms with Crippen molar-refractivity contribution in [2.45, 2.75) is 27.2 Å². The molecule has 1 amide bonds. The Balaban J connectivity index is 2.04. The van der Waals surface area contributed by atoms with Crippen molar-refractivity contribution in [2.75, 3.05) is 15.8 Å². The van der Waals surface area contributed by atoms with E-state index in [-0.39, 0.29) is 11.6 Å². The van der Waals surface area contributed by atoms with E-state index < -0.39 is 27.5 Å². The van der Waals surface area contributed by atoms with Crippen LogP contribution in [0.3, 0.4) is 0 Å². The number of amides is 1. The number of carbonyl (C=O) groups is 1. The third-order valence-corrected chi connectivity index (χ3v) is 5.47. The first-order chi connectivity index (χ1) is 12.2. The second kappa shape index (κ2) is 8.31. The molecule has 0 radical (unpaired) electrons. The molecule has 140 valence electrons. The highest BCUT2D eigenvalue weighted by Crippen LogP contribution is 2.19. The molecule has 0 aliphatic heterocycles. The van der Waals surface area contributed by atoms with Crippen molar-refractivity contribution < 1.29 is 17.6 Å². The molecular weight excluding hydrogens is 355 g/mol. The molecule has 2 aromatic carbocycles. The Morgan fingerprint density at radius 1 is 1.19 bits per heavy atom. The fraction of sp³-hybridized carbons (Fsp3) is 0.316. The zero-order valence-electron chi connectivity index (χ0n) is 15.0. The summed E-state index contributed by atoms with van der Waals surface area (Å²) in [6, 6.07) is 11.0. The lowest BCUT2D eigenvalue weighted by atomic mass is 10.1. The minimum atomic E-state index is -3.79. The van der Waals surface area contributed by atoms with Crippen LogP contribution in [-0.4, -0.2) is 20.1 Å². The second-order valence-corrected chi connectivity index (χ2v) is 8.05. The molecule has 0 aliphatic carbocycles.